The van der Waals surface area contributed by atoms with Crippen LogP contribution in [0.1, 0.15) is 36.2 Å². The van der Waals surface area contributed by atoms with Gasteiger partial charge < -0.3 is 15.0 Å². The van der Waals surface area contributed by atoms with Crippen molar-refractivity contribution in [3.63, 3.8) is 0 Å². The number of anilines is 2. The van der Waals surface area contributed by atoms with E-state index < -0.39 is 23.5 Å². The molecule has 13 heteroatoms. The van der Waals surface area contributed by atoms with Gasteiger partial charge in [-0.2, -0.15) is 26.3 Å². The molecule has 3 heterocycles. The number of morpholine rings is 1. The van der Waals surface area contributed by atoms with E-state index in [2.05, 4.69) is 20.3 Å². The molecule has 0 saturated carbocycles. The van der Waals surface area contributed by atoms with Gasteiger partial charge in [-0.15, -0.1) is 0 Å². The van der Waals surface area contributed by atoms with Crippen LogP contribution in [0.25, 0.3) is 16.6 Å². The number of allylic oxidation sites excluding steroid dienone is 1. The van der Waals surface area contributed by atoms with Crippen molar-refractivity contribution in [2.45, 2.75) is 38.0 Å². The summed E-state index contributed by atoms with van der Waals surface area (Å²) < 4.78 is 85.5. The second-order valence-corrected chi connectivity index (χ2v) is 9.59. The number of carbonyl (C=O) groups excluding carboxylic acids is 1. The summed E-state index contributed by atoms with van der Waals surface area (Å²) in [5.41, 5.74) is -0.898. The summed E-state index contributed by atoms with van der Waals surface area (Å²) in [6.45, 7) is 1.83. The van der Waals surface area contributed by atoms with E-state index in [1.165, 1.54) is 30.5 Å². The van der Waals surface area contributed by atoms with Crippen LogP contribution in [0.15, 0.2) is 53.0 Å². The summed E-state index contributed by atoms with van der Waals surface area (Å²) in [6.07, 6.45) is -7.38. The normalized spacial score (nSPS) is 16.4. The molecule has 2 aliphatic heterocycles. The van der Waals surface area contributed by atoms with E-state index in [1.807, 2.05) is 0 Å². The second kappa shape index (κ2) is 11.5. The van der Waals surface area contributed by atoms with Gasteiger partial charge in [-0.05, 0) is 49.2 Å². The highest BCUT2D eigenvalue weighted by Crippen LogP contribution is 2.39. The fourth-order valence-corrected chi connectivity index (χ4v) is 4.69. The van der Waals surface area contributed by atoms with Crippen molar-refractivity contribution >= 4 is 40.2 Å². The number of aliphatic imine (C=N–C) groups is 1. The predicted molar refractivity (Wildman–Crippen MR) is 141 cm³/mol. The molecule has 1 fully saturated rings. The van der Waals surface area contributed by atoms with Crippen LogP contribution in [-0.4, -0.2) is 59.5 Å². The van der Waals surface area contributed by atoms with Crippen molar-refractivity contribution in [3.05, 3.63) is 65.0 Å². The smallest absolute Gasteiger partial charge is 0.378 e. The largest absolute Gasteiger partial charge is 0.416 e. The number of nitrogens with one attached hydrogen (secondary N) is 1. The Morgan fingerprint density at radius 2 is 1.68 bits per heavy atom. The number of carbonyl (C=O) groups is 1. The van der Waals surface area contributed by atoms with Gasteiger partial charge in [-0.3, -0.25) is 9.79 Å². The maximum Gasteiger partial charge on any atom is 0.416 e. The van der Waals surface area contributed by atoms with Gasteiger partial charge in [0.2, 0.25) is 5.91 Å². The Kier molecular flexibility index (Phi) is 7.98. The highest BCUT2D eigenvalue weighted by atomic mass is 19.4. The molecule has 216 valence electrons. The van der Waals surface area contributed by atoms with Crippen LogP contribution in [0.4, 0.5) is 37.8 Å². The minimum absolute atomic E-state index is 0.0958. The maximum absolute atomic E-state index is 13.7. The van der Waals surface area contributed by atoms with Crippen LogP contribution < -0.4 is 5.32 Å². The number of alkyl halides is 6. The molecule has 1 saturated heterocycles. The summed E-state index contributed by atoms with van der Waals surface area (Å²) in [5.74, 6) is 0.384. The third-order valence-corrected chi connectivity index (χ3v) is 6.79. The zero-order valence-electron chi connectivity index (χ0n) is 21.6. The topological polar surface area (TPSA) is 79.7 Å². The molecule has 2 aliphatic rings. The maximum atomic E-state index is 13.7. The average molecular weight is 578 g/mol. The van der Waals surface area contributed by atoms with E-state index in [-0.39, 0.29) is 54.5 Å². The lowest BCUT2D eigenvalue weighted by Gasteiger charge is -2.26. The number of amides is 1. The molecule has 7 nitrogen and oxygen atoms in total. The van der Waals surface area contributed by atoms with Crippen molar-refractivity contribution in [2.75, 3.05) is 31.6 Å². The molecule has 0 radical (unpaired) electrons. The lowest BCUT2D eigenvalue weighted by Crippen LogP contribution is -2.40. The van der Waals surface area contributed by atoms with Gasteiger partial charge in [-0.25, -0.2) is 9.97 Å². The molecule has 41 heavy (non-hydrogen) atoms. The molecule has 0 spiro atoms. The molecule has 0 aliphatic carbocycles. The van der Waals surface area contributed by atoms with E-state index in [0.29, 0.717) is 42.9 Å². The third kappa shape index (κ3) is 6.67. The summed E-state index contributed by atoms with van der Waals surface area (Å²) in [6, 6.07) is 8.87. The Morgan fingerprint density at radius 3 is 2.37 bits per heavy atom. The fraction of sp³-hybridized carbons (Fsp3) is 0.357. The van der Waals surface area contributed by atoms with Crippen LogP contribution in [0.5, 0.6) is 0 Å². The Balaban J connectivity index is 1.51. The van der Waals surface area contributed by atoms with Gasteiger partial charge in [0.15, 0.2) is 0 Å². The van der Waals surface area contributed by atoms with Gasteiger partial charge in [-0.1, -0.05) is 6.07 Å². The molecule has 1 aromatic heterocycles. The average Bonchev–Trinajstić information content (AvgIpc) is 2.95. The zero-order valence-corrected chi connectivity index (χ0v) is 21.6. The summed E-state index contributed by atoms with van der Waals surface area (Å²) in [5, 5.41) is 3.43. The van der Waals surface area contributed by atoms with Crippen molar-refractivity contribution in [3.8, 4) is 0 Å². The van der Waals surface area contributed by atoms with E-state index in [1.54, 1.807) is 11.0 Å². The molecule has 1 amide bonds. The van der Waals surface area contributed by atoms with Crippen molar-refractivity contribution in [1.29, 1.82) is 0 Å². The first-order valence-electron chi connectivity index (χ1n) is 12.9. The minimum Gasteiger partial charge on any atom is -0.378 e. The van der Waals surface area contributed by atoms with Crippen LogP contribution in [0.2, 0.25) is 0 Å². The number of aryl methyl sites for hydroxylation is 1. The zero-order chi connectivity index (χ0) is 29.2. The number of nitrogens with zero attached hydrogens (tertiary/aromatic N) is 4. The monoisotopic (exact) mass is 577 g/mol. The Bertz CT molecular complexity index is 1490. The van der Waals surface area contributed by atoms with E-state index in [9.17, 15) is 31.1 Å². The van der Waals surface area contributed by atoms with Crippen molar-refractivity contribution in [2.24, 2.45) is 4.99 Å². The highest BCUT2D eigenvalue weighted by molar-refractivity contribution is 5.94. The SMILES string of the molecule is O=C(CCc1nc(Nc2ccc(C(F)(F)F)cc2)c2ccc(C3=C(C(F)(F)F)CCC=N3)cc2n1)N1CCOCC1. The van der Waals surface area contributed by atoms with Crippen molar-refractivity contribution in [1.82, 2.24) is 14.9 Å². The number of fused-ring (bicyclic) bond motifs is 1. The van der Waals surface area contributed by atoms with Crippen LogP contribution in [0.3, 0.4) is 0 Å². The number of ether oxygens (including phenoxy) is 1. The molecular formula is C28H25F6N5O2. The Labute approximate surface area is 230 Å². The number of hydrogen-bond donors (Lipinski definition) is 1. The number of aromatic nitrogens is 2. The van der Waals surface area contributed by atoms with Crippen LogP contribution >= 0.6 is 0 Å². The molecule has 0 unspecified atom stereocenters. The minimum atomic E-state index is -4.55. The summed E-state index contributed by atoms with van der Waals surface area (Å²) in [4.78, 5) is 27.5. The Morgan fingerprint density at radius 1 is 0.951 bits per heavy atom. The third-order valence-electron chi connectivity index (χ3n) is 6.79. The lowest BCUT2D eigenvalue weighted by atomic mass is 9.99. The summed E-state index contributed by atoms with van der Waals surface area (Å²) >= 11 is 0. The van der Waals surface area contributed by atoms with E-state index >= 15 is 0 Å². The quantitative estimate of drug-likeness (QED) is 0.347. The second-order valence-electron chi connectivity index (χ2n) is 9.59. The van der Waals surface area contributed by atoms with E-state index in [0.717, 1.165) is 12.1 Å². The standard InChI is InChI=1S/C28H25F6N5O2/c29-27(30,31)18-4-6-19(7-5-18)36-26-20-8-3-17(25-21(28(32,33)34)2-1-11-35-25)16-22(20)37-23(38-26)9-10-24(40)39-12-14-41-15-13-39/h3-8,11,16H,1-2,9-10,12-15H2,(H,36,37,38). The van der Waals surface area contributed by atoms with Gasteiger partial charge in [0.25, 0.3) is 0 Å². The molecule has 5 rings (SSSR count). The number of rotatable bonds is 6. The molecular weight excluding hydrogens is 552 g/mol. The molecule has 0 bridgehead atoms. The molecule has 2 aromatic carbocycles. The number of benzene rings is 2. The van der Waals surface area contributed by atoms with Crippen LogP contribution in [-0.2, 0) is 22.1 Å². The fourth-order valence-electron chi connectivity index (χ4n) is 4.69. The first kappa shape index (κ1) is 28.5. The molecule has 1 N–H and O–H groups in total. The Hall–Kier alpha value is -4.00. The van der Waals surface area contributed by atoms with E-state index in [4.69, 9.17) is 4.74 Å². The molecule has 0 atom stereocenters. The highest BCUT2D eigenvalue weighted by Gasteiger charge is 2.37. The van der Waals surface area contributed by atoms with Gasteiger partial charge >= 0.3 is 12.4 Å². The first-order valence-corrected chi connectivity index (χ1v) is 12.9. The lowest BCUT2D eigenvalue weighted by molar-refractivity contribution is -0.137. The first-order chi connectivity index (χ1) is 19.5. The number of halogens is 6. The van der Waals surface area contributed by atoms with Crippen molar-refractivity contribution < 1.29 is 35.9 Å². The van der Waals surface area contributed by atoms with Gasteiger partial charge in [0, 0.05) is 48.8 Å². The predicted octanol–water partition coefficient (Wildman–Crippen LogP) is 6.32. The molecule has 3 aromatic rings. The van der Waals surface area contributed by atoms with Crippen LogP contribution in [0, 0.1) is 0 Å². The summed E-state index contributed by atoms with van der Waals surface area (Å²) in [7, 11) is 0. The van der Waals surface area contributed by atoms with Gasteiger partial charge in [0.05, 0.1) is 35.6 Å². The number of hydrogen-bond acceptors (Lipinski definition) is 6. The van der Waals surface area contributed by atoms with Gasteiger partial charge in [0.1, 0.15) is 11.6 Å².